The monoisotopic (exact) mass is 1140 g/mol. The van der Waals surface area contributed by atoms with Crippen LogP contribution >= 0.6 is 0 Å². The van der Waals surface area contributed by atoms with Gasteiger partial charge in [-0.15, -0.1) is 0 Å². The number of methoxy groups -OCH3 is 3. The molecule has 2 fully saturated rings. The van der Waals surface area contributed by atoms with E-state index in [-0.39, 0.29) is 111 Å². The van der Waals surface area contributed by atoms with Gasteiger partial charge in [-0.1, -0.05) is 65.8 Å². The third-order valence-corrected chi connectivity index (χ3v) is 24.4. The molecule has 3 aromatic rings. The molecule has 0 spiro atoms. The van der Waals surface area contributed by atoms with Crippen molar-refractivity contribution in [1.29, 1.82) is 0 Å². The lowest BCUT2D eigenvalue weighted by molar-refractivity contribution is 0.0335. The van der Waals surface area contributed by atoms with Gasteiger partial charge in [0, 0.05) is 25.2 Å². The predicted octanol–water partition coefficient (Wildman–Crippen LogP) is 11.8. The highest BCUT2D eigenvalue weighted by Gasteiger charge is 2.54. The van der Waals surface area contributed by atoms with Crippen molar-refractivity contribution in [2.24, 2.45) is 0 Å². The van der Waals surface area contributed by atoms with Gasteiger partial charge in [-0.2, -0.15) is 0 Å². The van der Waals surface area contributed by atoms with E-state index in [2.05, 4.69) is 80.9 Å². The van der Waals surface area contributed by atoms with Gasteiger partial charge in [-0.05, 0) is 115 Å². The van der Waals surface area contributed by atoms with E-state index >= 15 is 0 Å². The number of pyridine rings is 1. The highest BCUT2D eigenvalue weighted by molar-refractivity contribution is 6.74. The van der Waals surface area contributed by atoms with Crippen LogP contribution in [0.25, 0.3) is 0 Å². The molecule has 4 atom stereocenters. The van der Waals surface area contributed by atoms with Crippen LogP contribution in [0.15, 0.2) is 60.7 Å². The van der Waals surface area contributed by atoms with Gasteiger partial charge < -0.3 is 51.8 Å². The maximum absolute atomic E-state index is 14.7. The summed E-state index contributed by atoms with van der Waals surface area (Å²) in [5.41, 5.74) is 1.21. The van der Waals surface area contributed by atoms with Gasteiger partial charge >= 0.3 is 18.2 Å². The van der Waals surface area contributed by atoms with Crippen LogP contribution in [0.5, 0.6) is 23.0 Å². The Kier molecular flexibility index (Phi) is 16.9. The number of benzene rings is 2. The fraction of sp³-hybridized carbons (Fsp3) is 0.559. The topological polar surface area (TPSA) is 194 Å². The molecular weight excluding hydrogens is 1060 g/mol. The van der Waals surface area contributed by atoms with Crippen molar-refractivity contribution in [2.75, 3.05) is 44.2 Å². The Hall–Kier alpha value is -6.43. The normalized spacial score (nSPS) is 19.8. The van der Waals surface area contributed by atoms with E-state index in [1.807, 2.05) is 0 Å². The van der Waals surface area contributed by atoms with Crippen LogP contribution in [-0.2, 0) is 36.3 Å². The Bertz CT molecular complexity index is 2780. The van der Waals surface area contributed by atoms with Crippen molar-refractivity contribution < 1.29 is 66.0 Å². The third-order valence-electron chi connectivity index (χ3n) is 15.5. The summed E-state index contributed by atoms with van der Waals surface area (Å²) in [6, 6.07) is 8.10. The van der Waals surface area contributed by atoms with Crippen molar-refractivity contribution in [3.05, 3.63) is 88.8 Å². The maximum atomic E-state index is 14.7. The molecule has 2 unspecified atom stereocenters. The summed E-state index contributed by atoms with van der Waals surface area (Å²) in [7, 11) is -1.18. The van der Waals surface area contributed by atoms with Crippen molar-refractivity contribution in [3.8, 4) is 23.0 Å². The molecule has 0 N–H and O–H groups in total. The zero-order valence-corrected chi connectivity index (χ0v) is 52.4. The van der Waals surface area contributed by atoms with Crippen molar-refractivity contribution in [1.82, 2.24) is 14.8 Å². The molecule has 0 radical (unpaired) electrons. The molecule has 436 valence electrons. The molecule has 4 aliphatic heterocycles. The molecule has 0 bridgehead atoms. The first-order chi connectivity index (χ1) is 36.9. The van der Waals surface area contributed by atoms with Gasteiger partial charge in [0.2, 0.25) is 0 Å². The number of hydrogen-bond acceptors (Lipinski definition) is 15. The van der Waals surface area contributed by atoms with E-state index in [4.69, 9.17) is 47.0 Å². The van der Waals surface area contributed by atoms with E-state index in [0.29, 0.717) is 12.8 Å². The number of esters is 1. The number of amides is 4. The van der Waals surface area contributed by atoms with Crippen LogP contribution in [0, 0.1) is 0 Å². The maximum Gasteiger partial charge on any atom is 0.417 e. The average molecular weight is 1140 g/mol. The molecule has 0 aliphatic carbocycles. The van der Waals surface area contributed by atoms with E-state index in [0.717, 1.165) is 11.1 Å². The lowest BCUT2D eigenvalue weighted by Gasteiger charge is -2.44. The number of carbonyl (C=O) groups excluding carboxylic acids is 5. The molecule has 2 aromatic carbocycles. The van der Waals surface area contributed by atoms with Crippen LogP contribution in [0.2, 0.25) is 36.3 Å². The minimum absolute atomic E-state index is 0.131. The Morgan fingerprint density at radius 3 is 1.25 bits per heavy atom. The lowest BCUT2D eigenvalue weighted by atomic mass is 10.1. The summed E-state index contributed by atoms with van der Waals surface area (Å²) in [6.07, 6.45) is -2.57. The molecule has 0 saturated carbocycles. The smallest absolute Gasteiger partial charge is 0.417 e. The standard InChI is InChI=1S/C59H83N5O14Si2/c1-34-22-43-51(77-79(18,19)58(9,10)11)63(54(68)75-56(3,4)5)41-28-47(45(70-15)26-39(41)49(65)61(43)30-34)73-32-37-24-36(53(67)72-17)25-38(60-37)33-74-48-29-42-40(27-46(48)71-16)50(66)62-31-35(2)23-44(62)52(78-80(20,21)59(12,13)14)64(42)55(69)76-57(6,7)8/h24-29,43-44,51-52H,1-2,22-23,30-33H2,3-21H3/t43-,44-,51?,52?/m0/s1. The molecular formula is C59H83N5O14Si2. The van der Waals surface area contributed by atoms with Crippen LogP contribution in [0.1, 0.15) is 138 Å². The Labute approximate surface area is 474 Å². The molecule has 5 heterocycles. The Morgan fingerprint density at radius 2 is 0.938 bits per heavy atom. The first kappa shape index (κ1) is 61.2. The number of fused-ring (bicyclic) bond motifs is 4. The van der Waals surface area contributed by atoms with Gasteiger partial charge in [0.25, 0.3) is 11.8 Å². The molecule has 7 rings (SSSR count). The second-order valence-electron chi connectivity index (χ2n) is 26.1. The van der Waals surface area contributed by atoms with Crippen molar-refractivity contribution in [3.63, 3.8) is 0 Å². The van der Waals surface area contributed by atoms with Gasteiger partial charge in [-0.3, -0.25) is 14.6 Å². The van der Waals surface area contributed by atoms with E-state index in [1.165, 1.54) is 43.3 Å². The molecule has 21 heteroatoms. The van der Waals surface area contributed by atoms with Crippen molar-refractivity contribution >= 4 is 58.0 Å². The highest BCUT2D eigenvalue weighted by Crippen LogP contribution is 2.48. The molecule has 19 nitrogen and oxygen atoms in total. The quantitative estimate of drug-likeness (QED) is 0.0678. The van der Waals surface area contributed by atoms with E-state index in [1.54, 1.807) is 75.6 Å². The molecule has 80 heavy (non-hydrogen) atoms. The van der Waals surface area contributed by atoms with E-state index in [9.17, 15) is 24.0 Å². The SMILES string of the molecule is C=C1C[C@H]2C(O[Si](C)(C)C(C)(C)C)N(C(=O)OC(C)(C)C)c3cc(OCc4cc(C(=O)OC)cc(COc5cc6c(cc5OC)C(=O)N5CC(=C)C[C@H]5C(O[Si](C)(C)C(C)(C)C)N6C(=O)OC(C)(C)C)n4)c(OC)cc3C(=O)N2C1. The Balaban J connectivity index is 1.28. The van der Waals surface area contributed by atoms with E-state index < -0.39 is 70.5 Å². The second-order valence-corrected chi connectivity index (χ2v) is 35.6. The molecule has 1 aromatic heterocycles. The predicted molar refractivity (Wildman–Crippen MR) is 309 cm³/mol. The summed E-state index contributed by atoms with van der Waals surface area (Å²) in [5, 5.41) is -0.549. The summed E-state index contributed by atoms with van der Waals surface area (Å²) < 4.78 is 56.4. The van der Waals surface area contributed by atoms with Crippen LogP contribution in [0.4, 0.5) is 21.0 Å². The summed E-state index contributed by atoms with van der Waals surface area (Å²) in [4.78, 5) is 83.4. The number of ether oxygens (including phenoxy) is 7. The number of carbonyl (C=O) groups is 5. The lowest BCUT2D eigenvalue weighted by Crippen LogP contribution is -2.58. The summed E-state index contributed by atoms with van der Waals surface area (Å²) in [6.45, 7) is 40.1. The number of hydrogen-bond donors (Lipinski definition) is 0. The summed E-state index contributed by atoms with van der Waals surface area (Å²) in [5.74, 6) is -0.693. The highest BCUT2D eigenvalue weighted by atomic mass is 28.4. The number of rotatable bonds is 13. The largest absolute Gasteiger partial charge is 0.493 e. The van der Waals surface area contributed by atoms with Gasteiger partial charge in [-0.25, -0.2) is 24.2 Å². The van der Waals surface area contributed by atoms with Crippen molar-refractivity contribution in [2.45, 2.75) is 181 Å². The first-order valence-electron chi connectivity index (χ1n) is 27.0. The van der Waals surface area contributed by atoms with Crippen LogP contribution in [0.3, 0.4) is 0 Å². The number of nitrogens with zero attached hydrogens (tertiary/aromatic N) is 5. The van der Waals surface area contributed by atoms with Gasteiger partial charge in [0.15, 0.2) is 52.1 Å². The first-order valence-corrected chi connectivity index (χ1v) is 32.8. The molecule has 2 saturated heterocycles. The van der Waals surface area contributed by atoms with Crippen LogP contribution < -0.4 is 28.7 Å². The zero-order valence-electron chi connectivity index (χ0n) is 50.4. The fourth-order valence-corrected chi connectivity index (χ4v) is 11.9. The third kappa shape index (κ3) is 12.7. The Morgan fingerprint density at radius 1 is 0.575 bits per heavy atom. The minimum atomic E-state index is -2.66. The molecule has 4 amide bonds. The fourth-order valence-electron chi connectivity index (χ4n) is 9.51. The molecule has 4 aliphatic rings. The van der Waals surface area contributed by atoms with Gasteiger partial charge in [0.1, 0.15) is 24.4 Å². The zero-order chi connectivity index (χ0) is 59.6. The summed E-state index contributed by atoms with van der Waals surface area (Å²) >= 11 is 0. The van der Waals surface area contributed by atoms with Crippen LogP contribution in [-0.4, -0.2) is 132 Å². The average Bonchev–Trinajstić information content (AvgIpc) is 3.89. The number of anilines is 2. The van der Waals surface area contributed by atoms with Gasteiger partial charge in [0.05, 0.1) is 72.9 Å². The second kappa shape index (κ2) is 22.1. The minimum Gasteiger partial charge on any atom is -0.493 e. The number of aromatic nitrogens is 1.